The topological polar surface area (TPSA) is 34.9 Å². The molecule has 3 aromatic carbocycles. The summed E-state index contributed by atoms with van der Waals surface area (Å²) in [5.74, 6) is -0.0476. The van der Waals surface area contributed by atoms with Crippen LogP contribution >= 0.6 is 11.3 Å². The Kier molecular flexibility index (Phi) is 4.83. The Labute approximate surface area is 178 Å². The second-order valence-electron chi connectivity index (χ2n) is 6.86. The van der Waals surface area contributed by atoms with Crippen LogP contribution in [-0.4, -0.2) is 15.6 Å². The number of hydrogen-bond donors (Lipinski definition) is 0. The lowest BCUT2D eigenvalue weighted by Crippen LogP contribution is -2.11. The molecule has 0 atom stereocenters. The molecular formula is C26H18N2OS. The molecule has 0 spiro atoms. The number of carbonyl (C=O) groups is 1. The molecule has 3 nitrogen and oxygen atoms in total. The summed E-state index contributed by atoms with van der Waals surface area (Å²) in [6.45, 7) is 0. The Bertz CT molecular complexity index is 1280. The molecule has 4 heteroatoms. The summed E-state index contributed by atoms with van der Waals surface area (Å²) in [6.07, 6.45) is 0. The van der Waals surface area contributed by atoms with E-state index in [2.05, 4.69) is 0 Å². The van der Waals surface area contributed by atoms with E-state index in [-0.39, 0.29) is 5.78 Å². The van der Waals surface area contributed by atoms with Crippen molar-refractivity contribution < 1.29 is 4.79 Å². The molecule has 0 aliphatic heterocycles. The minimum absolute atomic E-state index is 0.0476. The first-order valence-corrected chi connectivity index (χ1v) is 10.6. The molecule has 5 aromatic rings. The fourth-order valence-electron chi connectivity index (χ4n) is 3.57. The Balaban J connectivity index is 1.85. The van der Waals surface area contributed by atoms with E-state index in [9.17, 15) is 4.79 Å². The SMILES string of the molecule is O=C(c1ccccc1)c1c(-c2ccccc2)c(-c2cccs2)nn1-c1ccccc1. The van der Waals surface area contributed by atoms with Gasteiger partial charge >= 0.3 is 0 Å². The first-order valence-electron chi connectivity index (χ1n) is 9.70. The molecule has 0 saturated carbocycles. The van der Waals surface area contributed by atoms with E-state index in [0.717, 1.165) is 27.4 Å². The van der Waals surface area contributed by atoms with Crippen LogP contribution in [0.3, 0.4) is 0 Å². The number of hydrogen-bond acceptors (Lipinski definition) is 3. The molecule has 0 amide bonds. The van der Waals surface area contributed by atoms with Gasteiger partial charge in [-0.1, -0.05) is 84.9 Å². The van der Waals surface area contributed by atoms with Crippen LogP contribution in [0.1, 0.15) is 16.1 Å². The molecule has 2 aromatic heterocycles. The zero-order valence-electron chi connectivity index (χ0n) is 16.1. The molecule has 144 valence electrons. The van der Waals surface area contributed by atoms with Crippen LogP contribution in [0.15, 0.2) is 109 Å². The van der Waals surface area contributed by atoms with Crippen molar-refractivity contribution in [2.45, 2.75) is 0 Å². The summed E-state index contributed by atoms with van der Waals surface area (Å²) in [5, 5.41) is 6.98. The number of ketones is 1. The Morgan fingerprint density at radius 1 is 0.733 bits per heavy atom. The van der Waals surface area contributed by atoms with Crippen LogP contribution in [0.5, 0.6) is 0 Å². The third-order valence-corrected chi connectivity index (χ3v) is 5.83. The molecule has 0 fully saturated rings. The molecule has 0 bridgehead atoms. The van der Waals surface area contributed by atoms with Crippen molar-refractivity contribution in [3.05, 3.63) is 120 Å². The minimum Gasteiger partial charge on any atom is -0.287 e. The number of para-hydroxylation sites is 1. The fourth-order valence-corrected chi connectivity index (χ4v) is 4.29. The van der Waals surface area contributed by atoms with Gasteiger partial charge in [-0.3, -0.25) is 4.79 Å². The molecular weight excluding hydrogens is 388 g/mol. The van der Waals surface area contributed by atoms with Gasteiger partial charge in [-0.15, -0.1) is 11.3 Å². The summed E-state index contributed by atoms with van der Waals surface area (Å²) in [5.41, 5.74) is 4.72. The van der Waals surface area contributed by atoms with E-state index in [1.165, 1.54) is 0 Å². The van der Waals surface area contributed by atoms with Crippen molar-refractivity contribution in [2.24, 2.45) is 0 Å². The number of rotatable bonds is 5. The predicted molar refractivity (Wildman–Crippen MR) is 122 cm³/mol. The third kappa shape index (κ3) is 3.27. The molecule has 30 heavy (non-hydrogen) atoms. The second kappa shape index (κ2) is 7.93. The quantitative estimate of drug-likeness (QED) is 0.312. The molecule has 0 aliphatic carbocycles. The lowest BCUT2D eigenvalue weighted by molar-refractivity contribution is 0.103. The lowest BCUT2D eigenvalue weighted by atomic mass is 9.97. The standard InChI is InChI=1S/C26H18N2OS/c29-26(20-13-6-2-7-14-20)25-23(19-11-4-1-5-12-19)24(22-17-10-18-30-22)27-28(25)21-15-8-3-9-16-21/h1-18H. The second-order valence-corrected chi connectivity index (χ2v) is 7.81. The van der Waals surface area contributed by atoms with Crippen LogP contribution in [0, 0.1) is 0 Å². The molecule has 0 aliphatic rings. The van der Waals surface area contributed by atoms with E-state index < -0.39 is 0 Å². The monoisotopic (exact) mass is 406 g/mol. The summed E-state index contributed by atoms with van der Waals surface area (Å²) in [4.78, 5) is 14.8. The highest BCUT2D eigenvalue weighted by Gasteiger charge is 2.27. The fraction of sp³-hybridized carbons (Fsp3) is 0. The van der Waals surface area contributed by atoms with Crippen molar-refractivity contribution in [3.8, 4) is 27.4 Å². The van der Waals surface area contributed by atoms with Crippen molar-refractivity contribution in [3.63, 3.8) is 0 Å². The highest BCUT2D eigenvalue weighted by Crippen LogP contribution is 2.38. The number of carbonyl (C=O) groups excluding carboxylic acids is 1. The molecule has 2 heterocycles. The highest BCUT2D eigenvalue weighted by atomic mass is 32.1. The molecule has 0 saturated heterocycles. The van der Waals surface area contributed by atoms with Gasteiger partial charge in [0.2, 0.25) is 5.78 Å². The number of benzene rings is 3. The van der Waals surface area contributed by atoms with E-state index in [1.54, 1.807) is 16.0 Å². The normalized spacial score (nSPS) is 10.8. The average molecular weight is 407 g/mol. The van der Waals surface area contributed by atoms with Crippen LogP contribution < -0.4 is 0 Å². The smallest absolute Gasteiger partial charge is 0.212 e. The summed E-state index contributed by atoms with van der Waals surface area (Å²) in [7, 11) is 0. The van der Waals surface area contributed by atoms with Crippen molar-refractivity contribution >= 4 is 17.1 Å². The van der Waals surface area contributed by atoms with Gasteiger partial charge in [0.25, 0.3) is 0 Å². The molecule has 0 radical (unpaired) electrons. The van der Waals surface area contributed by atoms with Gasteiger partial charge in [0.1, 0.15) is 11.4 Å². The van der Waals surface area contributed by atoms with Gasteiger partial charge in [0.05, 0.1) is 10.6 Å². The average Bonchev–Trinajstić information content (AvgIpc) is 3.48. The first-order chi connectivity index (χ1) is 14.8. The summed E-state index contributed by atoms with van der Waals surface area (Å²) in [6, 6.07) is 33.3. The maximum absolute atomic E-state index is 13.8. The van der Waals surface area contributed by atoms with E-state index in [4.69, 9.17) is 5.10 Å². The van der Waals surface area contributed by atoms with Crippen LogP contribution in [-0.2, 0) is 0 Å². The van der Waals surface area contributed by atoms with Gasteiger partial charge in [0, 0.05) is 11.1 Å². The van der Waals surface area contributed by atoms with Crippen molar-refractivity contribution in [1.29, 1.82) is 0 Å². The van der Waals surface area contributed by atoms with Gasteiger partial charge in [-0.05, 0) is 29.1 Å². The van der Waals surface area contributed by atoms with Gasteiger partial charge in [-0.25, -0.2) is 4.68 Å². The Hall–Kier alpha value is -3.76. The Morgan fingerprint density at radius 3 is 2.00 bits per heavy atom. The van der Waals surface area contributed by atoms with Gasteiger partial charge in [-0.2, -0.15) is 5.10 Å². The molecule has 0 unspecified atom stereocenters. The minimum atomic E-state index is -0.0476. The number of nitrogens with zero attached hydrogens (tertiary/aromatic N) is 2. The summed E-state index contributed by atoms with van der Waals surface area (Å²) < 4.78 is 1.78. The largest absolute Gasteiger partial charge is 0.287 e. The first kappa shape index (κ1) is 18.3. The van der Waals surface area contributed by atoms with Crippen LogP contribution in [0.25, 0.3) is 27.4 Å². The van der Waals surface area contributed by atoms with Crippen molar-refractivity contribution in [2.75, 3.05) is 0 Å². The van der Waals surface area contributed by atoms with Crippen LogP contribution in [0.2, 0.25) is 0 Å². The zero-order valence-corrected chi connectivity index (χ0v) is 16.9. The Morgan fingerprint density at radius 2 is 1.37 bits per heavy atom. The molecule has 5 rings (SSSR count). The lowest BCUT2D eigenvalue weighted by Gasteiger charge is -2.10. The van der Waals surface area contributed by atoms with E-state index in [0.29, 0.717) is 11.3 Å². The van der Waals surface area contributed by atoms with Crippen molar-refractivity contribution in [1.82, 2.24) is 9.78 Å². The zero-order chi connectivity index (χ0) is 20.3. The maximum Gasteiger partial charge on any atom is 0.212 e. The predicted octanol–water partition coefficient (Wildman–Crippen LogP) is 6.50. The van der Waals surface area contributed by atoms with E-state index >= 15 is 0 Å². The van der Waals surface area contributed by atoms with Crippen LogP contribution in [0.4, 0.5) is 0 Å². The maximum atomic E-state index is 13.8. The molecule has 0 N–H and O–H groups in total. The van der Waals surface area contributed by atoms with Gasteiger partial charge < -0.3 is 0 Å². The van der Waals surface area contributed by atoms with E-state index in [1.807, 2.05) is 109 Å². The number of thiophene rings is 1. The third-order valence-electron chi connectivity index (χ3n) is 4.95. The summed E-state index contributed by atoms with van der Waals surface area (Å²) >= 11 is 1.62. The van der Waals surface area contributed by atoms with Gasteiger partial charge in [0.15, 0.2) is 0 Å². The number of aromatic nitrogens is 2. The highest BCUT2D eigenvalue weighted by molar-refractivity contribution is 7.13.